The molecule has 0 saturated heterocycles. The van der Waals surface area contributed by atoms with Crippen molar-refractivity contribution in [3.63, 3.8) is 0 Å². The van der Waals surface area contributed by atoms with E-state index in [1.165, 1.54) is 0 Å². The maximum Gasteiger partial charge on any atom is 0.313 e. The molecule has 1 atom stereocenters. The smallest absolute Gasteiger partial charge is 0.313 e. The minimum absolute atomic E-state index is 0.276. The van der Waals surface area contributed by atoms with Crippen molar-refractivity contribution in [2.75, 3.05) is 11.9 Å². The number of hydrogen-bond donors (Lipinski definition) is 3. The minimum Gasteiger partial charge on any atom is -0.393 e. The molecule has 5 nitrogen and oxygen atoms in total. The molecule has 0 aliphatic heterocycles. The summed E-state index contributed by atoms with van der Waals surface area (Å²) in [4.78, 5) is 22.9. The average Bonchev–Trinajstić information content (AvgIpc) is 2.31. The number of carbonyl (C=O) groups is 2. The molecule has 1 aromatic carbocycles. The van der Waals surface area contributed by atoms with Crippen LogP contribution in [0.5, 0.6) is 0 Å². The van der Waals surface area contributed by atoms with Gasteiger partial charge < -0.3 is 15.7 Å². The molecule has 0 spiro atoms. The molecular weight excluding hydrogens is 232 g/mol. The quantitative estimate of drug-likeness (QED) is 0.692. The van der Waals surface area contributed by atoms with Gasteiger partial charge in [0.2, 0.25) is 0 Å². The Labute approximate surface area is 106 Å². The third kappa shape index (κ3) is 4.97. The second-order valence-electron chi connectivity index (χ2n) is 4.21. The minimum atomic E-state index is -0.704. The zero-order chi connectivity index (χ0) is 13.5. The molecular formula is C13H18N2O3. The van der Waals surface area contributed by atoms with E-state index in [4.69, 9.17) is 5.11 Å². The third-order valence-corrected chi connectivity index (χ3v) is 2.36. The van der Waals surface area contributed by atoms with Crippen LogP contribution in [0.1, 0.15) is 18.9 Å². The number of aliphatic hydroxyl groups excluding tert-OH is 1. The van der Waals surface area contributed by atoms with E-state index in [1.807, 2.05) is 19.1 Å². The number of hydrogen-bond acceptors (Lipinski definition) is 3. The van der Waals surface area contributed by atoms with Crippen LogP contribution >= 0.6 is 0 Å². The molecule has 0 aliphatic carbocycles. The summed E-state index contributed by atoms with van der Waals surface area (Å²) in [6, 6.07) is 7.16. The third-order valence-electron chi connectivity index (χ3n) is 2.36. The summed E-state index contributed by atoms with van der Waals surface area (Å²) in [5.41, 5.74) is 1.66. The number of carbonyl (C=O) groups excluding carboxylic acids is 2. The van der Waals surface area contributed by atoms with Crippen LogP contribution in [0.25, 0.3) is 0 Å². The van der Waals surface area contributed by atoms with E-state index in [9.17, 15) is 9.59 Å². The molecule has 0 fully saturated rings. The molecule has 3 N–H and O–H groups in total. The SMILES string of the molecule is Cc1ccc(NC(=O)C(=O)NCCC(C)O)cc1. The van der Waals surface area contributed by atoms with Gasteiger partial charge in [0.25, 0.3) is 0 Å². The number of aliphatic hydroxyl groups is 1. The van der Waals surface area contributed by atoms with Crippen molar-refractivity contribution in [1.29, 1.82) is 0 Å². The molecule has 0 aliphatic rings. The van der Waals surface area contributed by atoms with Gasteiger partial charge in [-0.05, 0) is 32.4 Å². The van der Waals surface area contributed by atoms with Gasteiger partial charge >= 0.3 is 11.8 Å². The van der Waals surface area contributed by atoms with E-state index in [-0.39, 0.29) is 6.54 Å². The van der Waals surface area contributed by atoms with Gasteiger partial charge in [-0.25, -0.2) is 0 Å². The van der Waals surface area contributed by atoms with Crippen molar-refractivity contribution in [3.05, 3.63) is 29.8 Å². The second-order valence-corrected chi connectivity index (χ2v) is 4.21. The number of anilines is 1. The normalized spacial score (nSPS) is 11.7. The Bertz CT molecular complexity index is 413. The summed E-state index contributed by atoms with van der Waals surface area (Å²) < 4.78 is 0. The van der Waals surface area contributed by atoms with E-state index in [1.54, 1.807) is 19.1 Å². The van der Waals surface area contributed by atoms with Crippen LogP contribution in [0, 0.1) is 6.92 Å². The Morgan fingerprint density at radius 1 is 1.22 bits per heavy atom. The van der Waals surface area contributed by atoms with Crippen LogP contribution in [0.15, 0.2) is 24.3 Å². The van der Waals surface area contributed by atoms with E-state index in [0.717, 1.165) is 5.56 Å². The summed E-state index contributed by atoms with van der Waals surface area (Å²) in [5, 5.41) is 13.9. The predicted molar refractivity (Wildman–Crippen MR) is 69.1 cm³/mol. The highest BCUT2D eigenvalue weighted by Crippen LogP contribution is 2.08. The lowest BCUT2D eigenvalue weighted by atomic mass is 10.2. The van der Waals surface area contributed by atoms with Crippen molar-refractivity contribution in [1.82, 2.24) is 5.32 Å². The lowest BCUT2D eigenvalue weighted by molar-refractivity contribution is -0.136. The highest BCUT2D eigenvalue weighted by molar-refractivity contribution is 6.39. The Hall–Kier alpha value is -1.88. The van der Waals surface area contributed by atoms with Crippen molar-refractivity contribution in [2.45, 2.75) is 26.4 Å². The van der Waals surface area contributed by atoms with E-state index >= 15 is 0 Å². The van der Waals surface area contributed by atoms with Crippen LogP contribution in [0.4, 0.5) is 5.69 Å². The molecule has 2 amide bonds. The molecule has 0 aromatic heterocycles. The first kappa shape index (κ1) is 14.2. The van der Waals surface area contributed by atoms with Gasteiger partial charge in [0.05, 0.1) is 6.10 Å². The summed E-state index contributed by atoms with van der Waals surface area (Å²) in [5.74, 6) is -1.40. The molecule has 98 valence electrons. The molecule has 1 unspecified atom stereocenters. The van der Waals surface area contributed by atoms with E-state index in [0.29, 0.717) is 12.1 Å². The molecule has 0 heterocycles. The van der Waals surface area contributed by atoms with Crippen molar-refractivity contribution >= 4 is 17.5 Å². The zero-order valence-electron chi connectivity index (χ0n) is 10.6. The highest BCUT2D eigenvalue weighted by atomic mass is 16.3. The Balaban J connectivity index is 2.40. The molecule has 1 rings (SSSR count). The number of nitrogens with one attached hydrogen (secondary N) is 2. The summed E-state index contributed by atoms with van der Waals surface area (Å²) >= 11 is 0. The van der Waals surface area contributed by atoms with Crippen molar-refractivity contribution in [3.8, 4) is 0 Å². The molecule has 1 aromatic rings. The summed E-state index contributed by atoms with van der Waals surface area (Å²) in [7, 11) is 0. The largest absolute Gasteiger partial charge is 0.393 e. The fourth-order valence-corrected chi connectivity index (χ4v) is 1.30. The number of aryl methyl sites for hydroxylation is 1. The molecule has 0 bridgehead atoms. The van der Waals surface area contributed by atoms with Gasteiger partial charge in [-0.2, -0.15) is 0 Å². The van der Waals surface area contributed by atoms with Crippen molar-refractivity contribution < 1.29 is 14.7 Å². The lowest BCUT2D eigenvalue weighted by Crippen LogP contribution is -2.36. The molecule has 18 heavy (non-hydrogen) atoms. The first-order valence-corrected chi connectivity index (χ1v) is 5.83. The summed E-state index contributed by atoms with van der Waals surface area (Å²) in [6.45, 7) is 3.84. The summed E-state index contributed by atoms with van der Waals surface area (Å²) in [6.07, 6.45) is -0.0748. The second kappa shape index (κ2) is 6.76. The van der Waals surface area contributed by atoms with E-state index < -0.39 is 17.9 Å². The Morgan fingerprint density at radius 3 is 2.39 bits per heavy atom. The monoisotopic (exact) mass is 250 g/mol. The predicted octanol–water partition coefficient (Wildman–Crippen LogP) is 0.821. The van der Waals surface area contributed by atoms with Crippen LogP contribution in [-0.2, 0) is 9.59 Å². The van der Waals surface area contributed by atoms with Gasteiger partial charge in [-0.15, -0.1) is 0 Å². The zero-order valence-corrected chi connectivity index (χ0v) is 10.6. The molecule has 0 radical (unpaired) electrons. The van der Waals surface area contributed by atoms with E-state index in [2.05, 4.69) is 10.6 Å². The van der Waals surface area contributed by atoms with Crippen LogP contribution in [0.2, 0.25) is 0 Å². The highest BCUT2D eigenvalue weighted by Gasteiger charge is 2.12. The number of amides is 2. The maximum atomic E-state index is 11.5. The number of benzene rings is 1. The lowest BCUT2D eigenvalue weighted by Gasteiger charge is -2.07. The van der Waals surface area contributed by atoms with Crippen LogP contribution in [-0.4, -0.2) is 29.6 Å². The molecule has 0 saturated carbocycles. The first-order valence-electron chi connectivity index (χ1n) is 5.83. The fourth-order valence-electron chi connectivity index (χ4n) is 1.30. The fraction of sp³-hybridized carbons (Fsp3) is 0.385. The Morgan fingerprint density at radius 2 is 1.83 bits per heavy atom. The van der Waals surface area contributed by atoms with Crippen LogP contribution in [0.3, 0.4) is 0 Å². The topological polar surface area (TPSA) is 78.4 Å². The number of rotatable bonds is 4. The van der Waals surface area contributed by atoms with Gasteiger partial charge in [0.1, 0.15) is 0 Å². The van der Waals surface area contributed by atoms with Gasteiger partial charge in [0, 0.05) is 12.2 Å². The van der Waals surface area contributed by atoms with Gasteiger partial charge in [-0.3, -0.25) is 9.59 Å². The standard InChI is InChI=1S/C13H18N2O3/c1-9-3-5-11(6-4-9)15-13(18)12(17)14-8-7-10(2)16/h3-6,10,16H,7-8H2,1-2H3,(H,14,17)(H,15,18). The van der Waals surface area contributed by atoms with Gasteiger partial charge in [0.15, 0.2) is 0 Å². The molecule has 5 heteroatoms. The first-order chi connectivity index (χ1) is 8.49. The average molecular weight is 250 g/mol. The maximum absolute atomic E-state index is 11.5. The van der Waals surface area contributed by atoms with Crippen LogP contribution < -0.4 is 10.6 Å². The Kier molecular flexibility index (Phi) is 5.32. The van der Waals surface area contributed by atoms with Gasteiger partial charge in [-0.1, -0.05) is 17.7 Å². The van der Waals surface area contributed by atoms with Crippen molar-refractivity contribution in [2.24, 2.45) is 0 Å².